The van der Waals surface area contributed by atoms with E-state index in [-0.39, 0.29) is 0 Å². The van der Waals surface area contributed by atoms with Crippen LogP contribution < -0.4 is 0 Å². The van der Waals surface area contributed by atoms with E-state index in [1.165, 1.54) is 27.3 Å². The van der Waals surface area contributed by atoms with Crippen LogP contribution in [0.2, 0.25) is 0 Å². The van der Waals surface area contributed by atoms with Crippen LogP contribution in [0.4, 0.5) is 0 Å². The van der Waals surface area contributed by atoms with Crippen LogP contribution in [-0.2, 0) is 0 Å². The van der Waals surface area contributed by atoms with E-state index in [1.807, 2.05) is 18.2 Å². The monoisotopic (exact) mass is 598 g/mol. The van der Waals surface area contributed by atoms with Crippen LogP contribution in [-0.4, -0.2) is 9.97 Å². The zero-order valence-corrected chi connectivity index (χ0v) is 25.3. The van der Waals surface area contributed by atoms with Gasteiger partial charge in [-0.15, -0.1) is 0 Å². The summed E-state index contributed by atoms with van der Waals surface area (Å²) in [6, 6.07) is 55.4. The largest absolute Gasteiger partial charge is 0.455 e. The molecule has 0 spiro atoms. The summed E-state index contributed by atoms with van der Waals surface area (Å²) in [5.41, 5.74) is 9.91. The quantitative estimate of drug-likeness (QED) is 0.190. The molecule has 0 N–H and O–H groups in total. The molecule has 3 heterocycles. The Hall–Kier alpha value is -6.32. The zero-order valence-electron chi connectivity index (χ0n) is 25.3. The molecule has 0 fully saturated rings. The summed E-state index contributed by atoms with van der Waals surface area (Å²) in [5.74, 6) is 0. The van der Waals surface area contributed by atoms with Crippen molar-refractivity contribution >= 4 is 65.3 Å². The first kappa shape index (κ1) is 26.0. The summed E-state index contributed by atoms with van der Waals surface area (Å²) in [5, 5.41) is 9.02. The lowest BCUT2D eigenvalue weighted by Crippen LogP contribution is -1.91. The average molecular weight is 599 g/mol. The fourth-order valence-electron chi connectivity index (χ4n) is 7.23. The Labute approximate surface area is 270 Å². The van der Waals surface area contributed by atoms with Gasteiger partial charge >= 0.3 is 0 Å². The summed E-state index contributed by atoms with van der Waals surface area (Å²) >= 11 is 0. The number of hydrogen-bond acceptors (Lipinski definition) is 3. The fraction of sp³-hybridized carbons (Fsp3) is 0. The molecule has 0 unspecified atom stereocenters. The molecule has 47 heavy (non-hydrogen) atoms. The highest BCUT2D eigenvalue weighted by molar-refractivity contribution is 6.23. The van der Waals surface area contributed by atoms with Gasteiger partial charge in [0.05, 0.1) is 22.4 Å². The molecule has 0 radical (unpaired) electrons. The van der Waals surface area contributed by atoms with Crippen molar-refractivity contribution in [2.24, 2.45) is 0 Å². The summed E-state index contributed by atoms with van der Waals surface area (Å²) in [4.78, 5) is 10.5. The van der Waals surface area contributed by atoms with Crippen molar-refractivity contribution in [2.75, 3.05) is 0 Å². The van der Waals surface area contributed by atoms with E-state index < -0.39 is 0 Å². The van der Waals surface area contributed by atoms with Crippen molar-refractivity contribution in [2.45, 2.75) is 0 Å². The van der Waals surface area contributed by atoms with Gasteiger partial charge in [0.2, 0.25) is 0 Å². The van der Waals surface area contributed by atoms with E-state index in [0.717, 1.165) is 71.6 Å². The molecule has 3 nitrogen and oxygen atoms in total. The van der Waals surface area contributed by atoms with E-state index >= 15 is 0 Å². The second kappa shape index (κ2) is 10.1. The number of furan rings is 1. The number of aromatic nitrogens is 2. The fourth-order valence-corrected chi connectivity index (χ4v) is 7.23. The molecule has 218 valence electrons. The molecule has 0 saturated carbocycles. The SMILES string of the molecule is c1ccc(-c2ccc3ccc4ccc(-c5cccc6oc7c8ccccc8c(-c8cccc9ccccc89)cc7c56)nc4c3n2)cc1. The number of fused-ring (bicyclic) bond motifs is 9. The predicted octanol–water partition coefficient (Wildman–Crippen LogP) is 12.0. The molecule has 7 aromatic carbocycles. The maximum atomic E-state index is 6.69. The molecule has 3 aromatic heterocycles. The van der Waals surface area contributed by atoms with Crippen molar-refractivity contribution in [3.63, 3.8) is 0 Å². The van der Waals surface area contributed by atoms with Crippen molar-refractivity contribution in [3.05, 3.63) is 158 Å². The number of benzene rings is 7. The number of pyridine rings is 2. The second-order valence-electron chi connectivity index (χ2n) is 12.1. The predicted molar refractivity (Wildman–Crippen MR) is 196 cm³/mol. The van der Waals surface area contributed by atoms with Gasteiger partial charge in [-0.1, -0.05) is 133 Å². The Morgan fingerprint density at radius 2 is 1.00 bits per heavy atom. The Morgan fingerprint density at radius 1 is 0.383 bits per heavy atom. The standard InChI is InChI=1S/C44H26N2O/c1-2-11-28(12-3-1)38-24-22-29-20-21-30-23-25-39(46-43(30)42(29)45-38)35-18-9-19-40-41(35)37-26-36(33-15-6-7-16-34(33)44(37)47-40)32-17-8-13-27-10-4-5-14-31(27)32/h1-26H. The third-order valence-electron chi connectivity index (χ3n) is 9.45. The average Bonchev–Trinajstić information content (AvgIpc) is 3.53. The van der Waals surface area contributed by atoms with Gasteiger partial charge in [0.1, 0.15) is 11.2 Å². The Bertz CT molecular complexity index is 2840. The highest BCUT2D eigenvalue weighted by Gasteiger charge is 2.19. The number of nitrogens with zero attached hydrogens (tertiary/aromatic N) is 2. The molecule has 0 aliphatic carbocycles. The normalized spacial score (nSPS) is 11.8. The highest BCUT2D eigenvalue weighted by Crippen LogP contribution is 2.44. The van der Waals surface area contributed by atoms with E-state index in [2.05, 4.69) is 140 Å². The molecule has 0 aliphatic rings. The summed E-state index contributed by atoms with van der Waals surface area (Å²) in [7, 11) is 0. The molecular weight excluding hydrogens is 572 g/mol. The van der Waals surface area contributed by atoms with Gasteiger partial charge in [-0.3, -0.25) is 0 Å². The first-order valence-electron chi connectivity index (χ1n) is 15.9. The topological polar surface area (TPSA) is 38.9 Å². The maximum absolute atomic E-state index is 6.69. The van der Waals surface area contributed by atoms with Gasteiger partial charge in [0.25, 0.3) is 0 Å². The molecule has 0 aliphatic heterocycles. The lowest BCUT2D eigenvalue weighted by atomic mass is 9.91. The van der Waals surface area contributed by atoms with Crippen molar-refractivity contribution in [3.8, 4) is 33.6 Å². The van der Waals surface area contributed by atoms with Crippen LogP contribution in [0.5, 0.6) is 0 Å². The summed E-state index contributed by atoms with van der Waals surface area (Å²) in [6.07, 6.45) is 0. The minimum atomic E-state index is 0.849. The van der Waals surface area contributed by atoms with Crippen LogP contribution in [0, 0.1) is 0 Å². The van der Waals surface area contributed by atoms with Gasteiger partial charge < -0.3 is 4.42 Å². The van der Waals surface area contributed by atoms with Crippen LogP contribution in [0.1, 0.15) is 0 Å². The summed E-state index contributed by atoms with van der Waals surface area (Å²) in [6.45, 7) is 0. The first-order chi connectivity index (χ1) is 23.3. The third kappa shape index (κ3) is 4.00. The molecule has 10 rings (SSSR count). The Kier molecular flexibility index (Phi) is 5.57. The lowest BCUT2D eigenvalue weighted by Gasteiger charge is -2.12. The molecule has 3 heteroatoms. The maximum Gasteiger partial charge on any atom is 0.143 e. The molecule has 0 atom stereocenters. The van der Waals surface area contributed by atoms with Crippen molar-refractivity contribution < 1.29 is 4.42 Å². The van der Waals surface area contributed by atoms with E-state index in [4.69, 9.17) is 14.4 Å². The molecule has 0 saturated heterocycles. The van der Waals surface area contributed by atoms with Gasteiger partial charge in [-0.05, 0) is 51.6 Å². The van der Waals surface area contributed by atoms with E-state index in [0.29, 0.717) is 0 Å². The first-order valence-corrected chi connectivity index (χ1v) is 15.9. The zero-order chi connectivity index (χ0) is 30.9. The van der Waals surface area contributed by atoms with Gasteiger partial charge in [-0.2, -0.15) is 0 Å². The molecular formula is C44H26N2O. The minimum absolute atomic E-state index is 0.849. The summed E-state index contributed by atoms with van der Waals surface area (Å²) < 4.78 is 6.69. The number of hydrogen-bond donors (Lipinski definition) is 0. The van der Waals surface area contributed by atoms with Crippen LogP contribution in [0.3, 0.4) is 0 Å². The van der Waals surface area contributed by atoms with Crippen LogP contribution in [0.25, 0.3) is 98.9 Å². The lowest BCUT2D eigenvalue weighted by molar-refractivity contribution is 0.673. The van der Waals surface area contributed by atoms with Gasteiger partial charge in [-0.25, -0.2) is 9.97 Å². The minimum Gasteiger partial charge on any atom is -0.455 e. The highest BCUT2D eigenvalue weighted by atomic mass is 16.3. The number of rotatable bonds is 3. The van der Waals surface area contributed by atoms with Gasteiger partial charge in [0, 0.05) is 38.1 Å². The van der Waals surface area contributed by atoms with E-state index in [9.17, 15) is 0 Å². The van der Waals surface area contributed by atoms with Crippen LogP contribution >= 0.6 is 0 Å². The Balaban J connectivity index is 1.25. The Morgan fingerprint density at radius 3 is 1.83 bits per heavy atom. The second-order valence-corrected chi connectivity index (χ2v) is 12.1. The molecule has 0 bridgehead atoms. The molecule has 10 aromatic rings. The third-order valence-corrected chi connectivity index (χ3v) is 9.45. The smallest absolute Gasteiger partial charge is 0.143 e. The van der Waals surface area contributed by atoms with Crippen molar-refractivity contribution in [1.29, 1.82) is 0 Å². The van der Waals surface area contributed by atoms with Gasteiger partial charge in [0.15, 0.2) is 0 Å². The van der Waals surface area contributed by atoms with Crippen LogP contribution in [0.15, 0.2) is 162 Å². The molecule has 0 amide bonds. The van der Waals surface area contributed by atoms with Crippen molar-refractivity contribution in [1.82, 2.24) is 9.97 Å². The van der Waals surface area contributed by atoms with E-state index in [1.54, 1.807) is 0 Å².